The second kappa shape index (κ2) is 5.40. The summed E-state index contributed by atoms with van der Waals surface area (Å²) in [6, 6.07) is 5.52. The van der Waals surface area contributed by atoms with Gasteiger partial charge in [-0.05, 0) is 24.3 Å². The Morgan fingerprint density at radius 1 is 0.920 bits per heavy atom. The van der Waals surface area contributed by atoms with Gasteiger partial charge in [-0.2, -0.15) is 8.42 Å². The lowest BCUT2D eigenvalue weighted by atomic mass is 10.1. The van der Waals surface area contributed by atoms with Gasteiger partial charge in [-0.25, -0.2) is 0 Å². The second-order valence-electron chi connectivity index (χ2n) is 5.08. The lowest BCUT2D eigenvalue weighted by Crippen LogP contribution is -2.07. The normalized spacial score (nSPS) is 11.7. The summed E-state index contributed by atoms with van der Waals surface area (Å²) in [4.78, 5) is 11.2. The summed E-state index contributed by atoms with van der Waals surface area (Å²) in [6.45, 7) is 0. The Bertz CT molecular complexity index is 1160. The van der Waals surface area contributed by atoms with Gasteiger partial charge in [0.1, 0.15) is 22.6 Å². The van der Waals surface area contributed by atoms with E-state index in [1.54, 1.807) is 0 Å². The number of hydrogen-bond donors (Lipinski definition) is 5. The predicted octanol–water partition coefficient (Wildman–Crippen LogP) is 1.53. The summed E-state index contributed by atoms with van der Waals surface area (Å²) in [5.41, 5.74) is -1.91. The molecule has 3 aromatic rings. The van der Waals surface area contributed by atoms with Gasteiger partial charge < -0.3 is 24.8 Å². The van der Waals surface area contributed by atoms with Crippen molar-refractivity contribution < 1.29 is 37.8 Å². The van der Waals surface area contributed by atoms with E-state index in [0.29, 0.717) is 6.07 Å². The summed E-state index contributed by atoms with van der Waals surface area (Å²) < 4.78 is 37.6. The molecule has 0 aliphatic rings. The van der Waals surface area contributed by atoms with Crippen molar-refractivity contribution in [2.24, 2.45) is 0 Å². The molecule has 25 heavy (non-hydrogen) atoms. The van der Waals surface area contributed by atoms with Crippen LogP contribution in [0.5, 0.6) is 23.0 Å². The van der Waals surface area contributed by atoms with E-state index < -0.39 is 54.4 Å². The van der Waals surface area contributed by atoms with Crippen LogP contribution < -0.4 is 5.43 Å². The third kappa shape index (κ3) is 2.62. The van der Waals surface area contributed by atoms with Crippen molar-refractivity contribution in [2.45, 2.75) is 4.90 Å². The molecule has 0 saturated carbocycles. The van der Waals surface area contributed by atoms with Gasteiger partial charge in [-0.3, -0.25) is 9.35 Å². The molecule has 1 heterocycles. The molecule has 0 saturated heterocycles. The first-order valence-corrected chi connectivity index (χ1v) is 8.07. The topological polar surface area (TPSA) is 166 Å². The molecule has 2 aromatic carbocycles. The van der Waals surface area contributed by atoms with Crippen molar-refractivity contribution in [1.29, 1.82) is 0 Å². The minimum atomic E-state index is -5.03. The van der Waals surface area contributed by atoms with Crippen LogP contribution in [-0.4, -0.2) is 33.4 Å². The van der Waals surface area contributed by atoms with Crippen molar-refractivity contribution in [3.05, 3.63) is 40.6 Å². The first kappa shape index (κ1) is 16.6. The monoisotopic (exact) mass is 366 g/mol. The summed E-state index contributed by atoms with van der Waals surface area (Å²) in [7, 11) is -5.03. The molecule has 0 amide bonds. The Labute approximate surface area is 139 Å². The minimum absolute atomic E-state index is 0.0958. The third-order valence-corrected chi connectivity index (χ3v) is 4.35. The average Bonchev–Trinajstić information content (AvgIpc) is 2.49. The average molecular weight is 366 g/mol. The molecule has 0 aliphatic carbocycles. The van der Waals surface area contributed by atoms with E-state index >= 15 is 0 Å². The fourth-order valence-corrected chi connectivity index (χ4v) is 3.06. The van der Waals surface area contributed by atoms with Gasteiger partial charge in [0.05, 0.1) is 0 Å². The highest BCUT2D eigenvalue weighted by Crippen LogP contribution is 2.40. The smallest absolute Gasteiger partial charge is 0.302 e. The molecule has 0 spiro atoms. The van der Waals surface area contributed by atoms with E-state index in [9.17, 15) is 38.2 Å². The largest absolute Gasteiger partial charge is 0.508 e. The Morgan fingerprint density at radius 3 is 2.08 bits per heavy atom. The number of rotatable bonds is 2. The molecule has 0 unspecified atom stereocenters. The van der Waals surface area contributed by atoms with E-state index in [2.05, 4.69) is 0 Å². The van der Waals surface area contributed by atoms with Gasteiger partial charge in [-0.1, -0.05) is 0 Å². The van der Waals surface area contributed by atoms with E-state index in [4.69, 9.17) is 4.42 Å². The number of aromatic hydroxyl groups is 4. The highest BCUT2D eigenvalue weighted by atomic mass is 32.2. The fraction of sp³-hybridized carbons (Fsp3) is 0. The minimum Gasteiger partial charge on any atom is -0.508 e. The predicted molar refractivity (Wildman–Crippen MR) is 84.4 cm³/mol. The van der Waals surface area contributed by atoms with E-state index in [0.717, 1.165) is 0 Å². The van der Waals surface area contributed by atoms with Gasteiger partial charge in [-0.15, -0.1) is 0 Å². The number of benzene rings is 2. The van der Waals surface area contributed by atoms with Gasteiger partial charge >= 0.3 is 10.1 Å². The van der Waals surface area contributed by atoms with E-state index in [1.165, 1.54) is 24.3 Å². The second-order valence-corrected chi connectivity index (χ2v) is 6.44. The van der Waals surface area contributed by atoms with Crippen molar-refractivity contribution >= 4 is 21.1 Å². The van der Waals surface area contributed by atoms with Gasteiger partial charge in [0.25, 0.3) is 0 Å². The van der Waals surface area contributed by atoms with Crippen molar-refractivity contribution in [2.75, 3.05) is 0 Å². The summed E-state index contributed by atoms with van der Waals surface area (Å²) >= 11 is 0. The summed E-state index contributed by atoms with van der Waals surface area (Å²) in [5.74, 6) is -3.41. The van der Waals surface area contributed by atoms with Crippen molar-refractivity contribution in [1.82, 2.24) is 0 Å². The first-order valence-electron chi connectivity index (χ1n) is 6.63. The highest BCUT2D eigenvalue weighted by Gasteiger charge is 2.28. The molecule has 5 N–H and O–H groups in total. The number of hydrogen-bond acceptors (Lipinski definition) is 8. The van der Waals surface area contributed by atoms with Gasteiger partial charge in [0.15, 0.2) is 16.2 Å². The zero-order valence-corrected chi connectivity index (χ0v) is 13.0. The van der Waals surface area contributed by atoms with Crippen molar-refractivity contribution in [3.8, 4) is 34.3 Å². The molecule has 0 fully saturated rings. The molecule has 1 aromatic heterocycles. The Balaban J connectivity index is 2.53. The molecule has 9 nitrogen and oxygen atoms in total. The van der Waals surface area contributed by atoms with Crippen LogP contribution in [0.3, 0.4) is 0 Å². The van der Waals surface area contributed by atoms with Crippen LogP contribution in [0.2, 0.25) is 0 Å². The molecular formula is C15H10O9S. The molecule has 3 rings (SSSR count). The Hall–Kier alpha value is -3.24. The standard InChI is InChI=1S/C15H10O9S/c16-7-3-1-6(2-4-7)13-12(20)11(19)10-8(17)5-9(18)15(14(10)24-13)25(21,22)23/h1-5,16-18,20H,(H,21,22,23). The number of phenolic OH excluding ortho intramolecular Hbond substituents is 3. The van der Waals surface area contributed by atoms with Crippen LogP contribution in [0.25, 0.3) is 22.3 Å². The van der Waals surface area contributed by atoms with Crippen LogP contribution >= 0.6 is 0 Å². The van der Waals surface area contributed by atoms with Gasteiger partial charge in [0, 0.05) is 11.6 Å². The fourth-order valence-electron chi connectivity index (χ4n) is 2.36. The third-order valence-electron chi connectivity index (χ3n) is 3.44. The van der Waals surface area contributed by atoms with Gasteiger partial charge in [0.2, 0.25) is 11.2 Å². The molecule has 0 radical (unpaired) electrons. The molecular weight excluding hydrogens is 356 g/mol. The zero-order chi connectivity index (χ0) is 18.5. The molecule has 10 heteroatoms. The van der Waals surface area contributed by atoms with Crippen LogP contribution in [0.15, 0.2) is 44.4 Å². The van der Waals surface area contributed by atoms with Crippen LogP contribution in [-0.2, 0) is 10.1 Å². The van der Waals surface area contributed by atoms with E-state index in [-0.39, 0.29) is 11.3 Å². The molecule has 0 aliphatic heterocycles. The summed E-state index contributed by atoms with van der Waals surface area (Å²) in [5, 5.41) is 38.1. The Morgan fingerprint density at radius 2 is 1.52 bits per heavy atom. The van der Waals surface area contributed by atoms with Crippen LogP contribution in [0.1, 0.15) is 0 Å². The maximum Gasteiger partial charge on any atom is 0.302 e. The lowest BCUT2D eigenvalue weighted by Gasteiger charge is -2.10. The van der Waals surface area contributed by atoms with Crippen LogP contribution in [0, 0.1) is 0 Å². The SMILES string of the molecule is O=c1c(O)c(-c2ccc(O)cc2)oc2c(S(=O)(=O)O)c(O)cc(O)c12. The first-order chi connectivity index (χ1) is 11.6. The van der Waals surface area contributed by atoms with Crippen molar-refractivity contribution in [3.63, 3.8) is 0 Å². The maximum absolute atomic E-state index is 12.3. The quantitative estimate of drug-likeness (QED) is 0.423. The number of fused-ring (bicyclic) bond motifs is 1. The Kier molecular flexibility index (Phi) is 3.59. The lowest BCUT2D eigenvalue weighted by molar-refractivity contribution is 0.422. The maximum atomic E-state index is 12.3. The zero-order valence-electron chi connectivity index (χ0n) is 12.2. The molecule has 130 valence electrons. The molecule has 0 atom stereocenters. The molecule has 0 bridgehead atoms. The number of phenols is 3. The van der Waals surface area contributed by atoms with E-state index in [1.807, 2.05) is 0 Å². The van der Waals surface area contributed by atoms with Crippen LogP contribution in [0.4, 0.5) is 0 Å². The summed E-state index contributed by atoms with van der Waals surface area (Å²) in [6.07, 6.45) is 0. The highest BCUT2D eigenvalue weighted by molar-refractivity contribution is 7.86.